The first-order valence-corrected chi connectivity index (χ1v) is 9.39. The molecule has 2 aromatic rings. The van der Waals surface area contributed by atoms with Gasteiger partial charge in [-0.1, -0.05) is 29.8 Å². The molecule has 3 rings (SSSR count). The Morgan fingerprint density at radius 1 is 0.929 bits per heavy atom. The molecule has 2 amide bonds. The van der Waals surface area contributed by atoms with Gasteiger partial charge in [-0.3, -0.25) is 14.5 Å². The summed E-state index contributed by atoms with van der Waals surface area (Å²) in [6.45, 7) is 2.23. The molecule has 0 unspecified atom stereocenters. The third-order valence-electron chi connectivity index (χ3n) is 4.36. The fraction of sp³-hybridized carbons (Fsp3) is 0.238. The van der Waals surface area contributed by atoms with E-state index >= 15 is 0 Å². The van der Waals surface area contributed by atoms with Crippen molar-refractivity contribution in [2.75, 3.05) is 21.3 Å². The predicted molar refractivity (Wildman–Crippen MR) is 109 cm³/mol. The number of rotatable bonds is 6. The van der Waals surface area contributed by atoms with Crippen molar-refractivity contribution in [3.63, 3.8) is 0 Å². The van der Waals surface area contributed by atoms with Gasteiger partial charge >= 0.3 is 0 Å². The molecule has 0 atom stereocenters. The Bertz CT molecular complexity index is 937. The molecule has 0 aromatic heterocycles. The number of hydrogen-bond donors (Lipinski definition) is 0. The molecule has 146 valence electrons. The summed E-state index contributed by atoms with van der Waals surface area (Å²) in [4.78, 5) is 26.8. The lowest BCUT2D eigenvalue weighted by atomic mass is 10.1. The van der Waals surface area contributed by atoms with Crippen LogP contribution in [-0.2, 0) is 11.3 Å². The molecule has 0 bridgehead atoms. The van der Waals surface area contributed by atoms with Crippen molar-refractivity contribution in [3.8, 4) is 17.2 Å². The lowest BCUT2D eigenvalue weighted by molar-refractivity contribution is -0.123. The summed E-state index contributed by atoms with van der Waals surface area (Å²) in [7, 11) is 4.60. The first kappa shape index (κ1) is 19.8. The van der Waals surface area contributed by atoms with E-state index < -0.39 is 0 Å². The standard InChI is InChI=1S/C21H21NO5S/c1-13-5-7-14(8-6-13)12-22-20(23)19(28-21(22)24)10-15-9-17(26-3)18(27-4)11-16(15)25-2/h5-11H,12H2,1-4H3. The maximum atomic E-state index is 12.8. The van der Waals surface area contributed by atoms with E-state index in [-0.39, 0.29) is 17.7 Å². The van der Waals surface area contributed by atoms with Crippen molar-refractivity contribution < 1.29 is 23.8 Å². The monoisotopic (exact) mass is 399 g/mol. The highest BCUT2D eigenvalue weighted by Crippen LogP contribution is 2.39. The van der Waals surface area contributed by atoms with Crippen LogP contribution in [0.2, 0.25) is 0 Å². The molecule has 6 nitrogen and oxygen atoms in total. The Kier molecular flexibility index (Phi) is 5.94. The minimum absolute atomic E-state index is 0.241. The Morgan fingerprint density at radius 3 is 2.14 bits per heavy atom. The fourth-order valence-electron chi connectivity index (χ4n) is 2.82. The van der Waals surface area contributed by atoms with E-state index in [0.29, 0.717) is 27.7 Å². The normalized spacial score (nSPS) is 15.3. The van der Waals surface area contributed by atoms with E-state index in [0.717, 1.165) is 22.9 Å². The van der Waals surface area contributed by atoms with Gasteiger partial charge in [-0.15, -0.1) is 0 Å². The number of aryl methyl sites for hydroxylation is 1. The van der Waals surface area contributed by atoms with Gasteiger partial charge in [-0.2, -0.15) is 0 Å². The average Bonchev–Trinajstić information content (AvgIpc) is 2.96. The molecule has 1 saturated heterocycles. The molecule has 1 fully saturated rings. The van der Waals surface area contributed by atoms with Gasteiger partial charge in [0, 0.05) is 11.6 Å². The highest BCUT2D eigenvalue weighted by atomic mass is 32.2. The Labute approximate surface area is 168 Å². The lowest BCUT2D eigenvalue weighted by Gasteiger charge is -2.13. The van der Waals surface area contributed by atoms with E-state index in [1.165, 1.54) is 26.2 Å². The van der Waals surface area contributed by atoms with Crippen LogP contribution < -0.4 is 14.2 Å². The number of carbonyl (C=O) groups excluding carboxylic acids is 2. The molecule has 1 heterocycles. The zero-order chi connectivity index (χ0) is 20.3. The van der Waals surface area contributed by atoms with Gasteiger partial charge in [0.2, 0.25) is 0 Å². The van der Waals surface area contributed by atoms with Gasteiger partial charge in [0.1, 0.15) is 5.75 Å². The highest BCUT2D eigenvalue weighted by Gasteiger charge is 2.35. The van der Waals surface area contributed by atoms with Crippen LogP contribution in [-0.4, -0.2) is 37.4 Å². The van der Waals surface area contributed by atoms with Crippen LogP contribution in [0.4, 0.5) is 4.79 Å². The van der Waals surface area contributed by atoms with E-state index in [4.69, 9.17) is 14.2 Å². The predicted octanol–water partition coefficient (Wildman–Crippen LogP) is 4.26. The summed E-state index contributed by atoms with van der Waals surface area (Å²) in [6.07, 6.45) is 1.64. The zero-order valence-corrected chi connectivity index (χ0v) is 17.0. The van der Waals surface area contributed by atoms with Crippen LogP contribution in [0.5, 0.6) is 17.2 Å². The van der Waals surface area contributed by atoms with Crippen LogP contribution in [0, 0.1) is 6.92 Å². The summed E-state index contributed by atoms with van der Waals surface area (Å²) < 4.78 is 16.0. The second-order valence-electron chi connectivity index (χ2n) is 6.20. The number of thioether (sulfide) groups is 1. The molecule has 0 aliphatic carbocycles. The third-order valence-corrected chi connectivity index (χ3v) is 5.26. The first-order valence-electron chi connectivity index (χ1n) is 8.57. The van der Waals surface area contributed by atoms with Crippen LogP contribution in [0.1, 0.15) is 16.7 Å². The van der Waals surface area contributed by atoms with Crippen LogP contribution in [0.15, 0.2) is 41.3 Å². The topological polar surface area (TPSA) is 65.1 Å². The van der Waals surface area contributed by atoms with Gasteiger partial charge < -0.3 is 14.2 Å². The number of carbonyl (C=O) groups is 2. The number of nitrogens with zero attached hydrogens (tertiary/aromatic N) is 1. The van der Waals surface area contributed by atoms with Crippen molar-refractivity contribution >= 4 is 29.0 Å². The Balaban J connectivity index is 1.90. The number of methoxy groups -OCH3 is 3. The van der Waals surface area contributed by atoms with Crippen molar-refractivity contribution in [2.45, 2.75) is 13.5 Å². The zero-order valence-electron chi connectivity index (χ0n) is 16.1. The second-order valence-corrected chi connectivity index (χ2v) is 7.20. The summed E-state index contributed by atoms with van der Waals surface area (Å²) in [5, 5.41) is -0.295. The first-order chi connectivity index (χ1) is 13.5. The molecule has 0 N–H and O–H groups in total. The van der Waals surface area contributed by atoms with Crippen molar-refractivity contribution in [3.05, 3.63) is 58.0 Å². The third kappa shape index (κ3) is 3.99. The molecule has 0 saturated carbocycles. The summed E-state index contributed by atoms with van der Waals surface area (Å²) in [6, 6.07) is 11.1. The number of amides is 2. The van der Waals surface area contributed by atoms with E-state index in [1.54, 1.807) is 18.2 Å². The van der Waals surface area contributed by atoms with E-state index in [1.807, 2.05) is 31.2 Å². The minimum atomic E-state index is -0.326. The van der Waals surface area contributed by atoms with Gasteiger partial charge in [-0.25, -0.2) is 0 Å². The van der Waals surface area contributed by atoms with Crippen molar-refractivity contribution in [1.29, 1.82) is 0 Å². The van der Waals surface area contributed by atoms with Gasteiger partial charge in [0.25, 0.3) is 11.1 Å². The maximum Gasteiger partial charge on any atom is 0.293 e. The Hall–Kier alpha value is -2.93. The molecule has 7 heteroatoms. The van der Waals surface area contributed by atoms with Gasteiger partial charge in [0.15, 0.2) is 11.5 Å². The van der Waals surface area contributed by atoms with Crippen LogP contribution in [0.3, 0.4) is 0 Å². The quantitative estimate of drug-likeness (QED) is 0.677. The van der Waals surface area contributed by atoms with E-state index in [2.05, 4.69) is 0 Å². The Morgan fingerprint density at radius 2 is 1.54 bits per heavy atom. The SMILES string of the molecule is COc1cc(OC)c(OC)cc1C=C1SC(=O)N(Cc2ccc(C)cc2)C1=O. The summed E-state index contributed by atoms with van der Waals surface area (Å²) in [5.74, 6) is 1.22. The fourth-order valence-corrected chi connectivity index (χ4v) is 3.65. The lowest BCUT2D eigenvalue weighted by Crippen LogP contribution is -2.27. The molecule has 1 aliphatic heterocycles. The number of benzene rings is 2. The maximum absolute atomic E-state index is 12.8. The molecule has 0 radical (unpaired) electrons. The summed E-state index contributed by atoms with van der Waals surface area (Å²) in [5.41, 5.74) is 2.65. The van der Waals surface area contributed by atoms with Gasteiger partial charge in [0.05, 0.1) is 32.8 Å². The molecular formula is C21H21NO5S. The second kappa shape index (κ2) is 8.39. The van der Waals surface area contributed by atoms with Gasteiger partial charge in [-0.05, 0) is 36.4 Å². The van der Waals surface area contributed by atoms with Crippen LogP contribution in [0.25, 0.3) is 6.08 Å². The van der Waals surface area contributed by atoms with Crippen molar-refractivity contribution in [1.82, 2.24) is 4.90 Å². The average molecular weight is 399 g/mol. The highest BCUT2D eigenvalue weighted by molar-refractivity contribution is 8.18. The molecule has 1 aliphatic rings. The molecule has 0 spiro atoms. The van der Waals surface area contributed by atoms with Crippen LogP contribution >= 0.6 is 11.8 Å². The number of hydrogen-bond acceptors (Lipinski definition) is 6. The van der Waals surface area contributed by atoms with E-state index in [9.17, 15) is 9.59 Å². The molecule has 2 aromatic carbocycles. The summed E-state index contributed by atoms with van der Waals surface area (Å²) >= 11 is 0.913. The minimum Gasteiger partial charge on any atom is -0.496 e. The largest absolute Gasteiger partial charge is 0.496 e. The molecular weight excluding hydrogens is 378 g/mol. The number of imide groups is 1. The van der Waals surface area contributed by atoms with Crippen molar-refractivity contribution in [2.24, 2.45) is 0 Å². The number of ether oxygens (including phenoxy) is 3. The smallest absolute Gasteiger partial charge is 0.293 e. The molecule has 28 heavy (non-hydrogen) atoms.